The number of hydrogen-bond acceptors (Lipinski definition) is 4. The Balaban J connectivity index is 2.01. The summed E-state index contributed by atoms with van der Waals surface area (Å²) in [5.74, 6) is -0.281. The maximum atomic E-state index is 13.4. The van der Waals surface area contributed by atoms with Gasteiger partial charge in [0.15, 0.2) is 0 Å². The molecule has 0 unspecified atom stereocenters. The Hall–Kier alpha value is -2.74. The lowest BCUT2D eigenvalue weighted by molar-refractivity contribution is -0.114. The van der Waals surface area contributed by atoms with Gasteiger partial charge in [-0.3, -0.25) is 9.10 Å². The first-order valence-electron chi connectivity index (χ1n) is 8.78. The SMILES string of the molecule is COc1ccc(Cl)cc1N(CC(=O)Nc1ccc(Cl)cc1)S(=O)(=O)c1ccccc1. The molecule has 0 aromatic heterocycles. The summed E-state index contributed by atoms with van der Waals surface area (Å²) < 4.78 is 33.0. The molecular weight excluding hydrogens is 447 g/mol. The molecule has 0 aliphatic heterocycles. The number of methoxy groups -OCH3 is 1. The number of carbonyl (C=O) groups is 1. The fourth-order valence-electron chi connectivity index (χ4n) is 2.74. The van der Waals surface area contributed by atoms with E-state index < -0.39 is 22.5 Å². The summed E-state index contributed by atoms with van der Waals surface area (Å²) >= 11 is 12.0. The lowest BCUT2D eigenvalue weighted by Gasteiger charge is -2.25. The van der Waals surface area contributed by atoms with Crippen LogP contribution in [0.1, 0.15) is 0 Å². The molecule has 30 heavy (non-hydrogen) atoms. The summed E-state index contributed by atoms with van der Waals surface area (Å²) in [6.45, 7) is -0.490. The molecule has 3 aromatic rings. The van der Waals surface area contributed by atoms with Gasteiger partial charge in [-0.15, -0.1) is 0 Å². The van der Waals surface area contributed by atoms with Crippen molar-refractivity contribution in [2.75, 3.05) is 23.3 Å². The van der Waals surface area contributed by atoms with Crippen LogP contribution in [0.2, 0.25) is 10.0 Å². The lowest BCUT2D eigenvalue weighted by Crippen LogP contribution is -2.38. The molecule has 3 aromatic carbocycles. The molecule has 0 bridgehead atoms. The highest BCUT2D eigenvalue weighted by molar-refractivity contribution is 7.92. The second-order valence-electron chi connectivity index (χ2n) is 6.20. The standard InChI is InChI=1S/C21H18Cl2N2O4S/c1-29-20-12-9-16(23)13-19(20)25(30(27,28)18-5-3-2-4-6-18)14-21(26)24-17-10-7-15(22)8-11-17/h2-13H,14H2,1H3,(H,24,26). The van der Waals surface area contributed by atoms with Crippen LogP contribution >= 0.6 is 23.2 Å². The third kappa shape index (κ3) is 5.05. The van der Waals surface area contributed by atoms with Crippen molar-refractivity contribution in [2.45, 2.75) is 4.90 Å². The number of ether oxygens (including phenoxy) is 1. The fourth-order valence-corrected chi connectivity index (χ4v) is 4.48. The van der Waals surface area contributed by atoms with E-state index in [2.05, 4.69) is 5.32 Å². The third-order valence-electron chi connectivity index (χ3n) is 4.16. The molecule has 9 heteroatoms. The Bertz CT molecular complexity index is 1140. The predicted octanol–water partition coefficient (Wildman–Crippen LogP) is 4.84. The van der Waals surface area contributed by atoms with Gasteiger partial charge in [0.25, 0.3) is 10.0 Å². The fraction of sp³-hybridized carbons (Fsp3) is 0.0952. The summed E-state index contributed by atoms with van der Waals surface area (Å²) in [5.41, 5.74) is 0.639. The number of carbonyl (C=O) groups excluding carboxylic acids is 1. The maximum Gasteiger partial charge on any atom is 0.264 e. The van der Waals surface area contributed by atoms with Crippen LogP contribution in [0.25, 0.3) is 0 Å². The molecule has 6 nitrogen and oxygen atoms in total. The zero-order chi connectivity index (χ0) is 21.7. The van der Waals surface area contributed by atoms with Crippen LogP contribution in [0.4, 0.5) is 11.4 Å². The summed E-state index contributed by atoms with van der Waals surface area (Å²) in [6.07, 6.45) is 0. The zero-order valence-electron chi connectivity index (χ0n) is 15.9. The molecule has 0 saturated heterocycles. The van der Waals surface area contributed by atoms with Gasteiger partial charge in [0, 0.05) is 15.7 Å². The second kappa shape index (κ2) is 9.38. The smallest absolute Gasteiger partial charge is 0.264 e. The van der Waals surface area contributed by atoms with Gasteiger partial charge in [0.1, 0.15) is 12.3 Å². The van der Waals surface area contributed by atoms with Gasteiger partial charge >= 0.3 is 0 Å². The number of halogens is 2. The highest BCUT2D eigenvalue weighted by Gasteiger charge is 2.29. The van der Waals surface area contributed by atoms with Gasteiger partial charge in [-0.2, -0.15) is 0 Å². The van der Waals surface area contributed by atoms with E-state index in [1.165, 1.54) is 25.3 Å². The number of nitrogens with zero attached hydrogens (tertiary/aromatic N) is 1. The van der Waals surface area contributed by atoms with E-state index in [1.54, 1.807) is 54.6 Å². The van der Waals surface area contributed by atoms with Crippen molar-refractivity contribution >= 4 is 50.5 Å². The van der Waals surface area contributed by atoms with Gasteiger partial charge < -0.3 is 10.1 Å². The summed E-state index contributed by atoms with van der Waals surface area (Å²) in [6, 6.07) is 18.9. The number of anilines is 2. The Morgan fingerprint density at radius 2 is 1.60 bits per heavy atom. The van der Waals surface area contributed by atoms with E-state index in [1.807, 2.05) is 0 Å². The quantitative estimate of drug-likeness (QED) is 0.542. The molecular formula is C21H18Cl2N2O4S. The minimum atomic E-state index is -4.08. The second-order valence-corrected chi connectivity index (χ2v) is 8.93. The van der Waals surface area contributed by atoms with E-state index in [0.29, 0.717) is 15.7 Å². The van der Waals surface area contributed by atoms with Crippen LogP contribution < -0.4 is 14.4 Å². The van der Waals surface area contributed by atoms with E-state index >= 15 is 0 Å². The minimum absolute atomic E-state index is 0.0336. The highest BCUT2D eigenvalue weighted by Crippen LogP contribution is 2.34. The van der Waals surface area contributed by atoms with Crippen molar-refractivity contribution in [1.29, 1.82) is 0 Å². The number of amides is 1. The molecule has 0 spiro atoms. The van der Waals surface area contributed by atoms with E-state index in [4.69, 9.17) is 27.9 Å². The van der Waals surface area contributed by atoms with Crippen molar-refractivity contribution in [2.24, 2.45) is 0 Å². The monoisotopic (exact) mass is 464 g/mol. The topological polar surface area (TPSA) is 75.7 Å². The number of rotatable bonds is 7. The van der Waals surface area contributed by atoms with E-state index in [0.717, 1.165) is 4.31 Å². The molecule has 1 N–H and O–H groups in total. The minimum Gasteiger partial charge on any atom is -0.495 e. The summed E-state index contributed by atoms with van der Waals surface area (Å²) in [4.78, 5) is 12.8. The molecule has 156 valence electrons. The molecule has 0 fully saturated rings. The van der Waals surface area contributed by atoms with Gasteiger partial charge in [0.05, 0.1) is 17.7 Å². The third-order valence-corrected chi connectivity index (χ3v) is 6.42. The Kier molecular flexibility index (Phi) is 6.87. The van der Waals surface area contributed by atoms with Crippen LogP contribution in [-0.4, -0.2) is 28.0 Å². The molecule has 0 aliphatic rings. The summed E-state index contributed by atoms with van der Waals surface area (Å²) in [7, 11) is -2.67. The predicted molar refractivity (Wildman–Crippen MR) is 119 cm³/mol. The van der Waals surface area contributed by atoms with Crippen molar-refractivity contribution in [3.63, 3.8) is 0 Å². The number of hydrogen-bond donors (Lipinski definition) is 1. The van der Waals surface area contributed by atoms with E-state index in [-0.39, 0.29) is 16.3 Å². The van der Waals surface area contributed by atoms with Gasteiger partial charge in [-0.05, 0) is 54.6 Å². The molecule has 3 rings (SSSR count). The van der Waals surface area contributed by atoms with Gasteiger partial charge in [-0.1, -0.05) is 41.4 Å². The first kappa shape index (κ1) is 22.0. The summed E-state index contributed by atoms with van der Waals surface area (Å²) in [5, 5.41) is 3.49. The molecule has 1 amide bonds. The molecule has 0 radical (unpaired) electrons. The maximum absolute atomic E-state index is 13.4. The van der Waals surface area contributed by atoms with Gasteiger partial charge in [-0.25, -0.2) is 8.42 Å². The average Bonchev–Trinajstić information content (AvgIpc) is 2.74. The normalized spacial score (nSPS) is 11.0. The van der Waals surface area contributed by atoms with Crippen molar-refractivity contribution in [1.82, 2.24) is 0 Å². The molecule has 0 aliphatic carbocycles. The van der Waals surface area contributed by atoms with Crippen LogP contribution in [-0.2, 0) is 14.8 Å². The van der Waals surface area contributed by atoms with Crippen LogP contribution in [0.5, 0.6) is 5.75 Å². The number of benzene rings is 3. The van der Waals surface area contributed by atoms with E-state index in [9.17, 15) is 13.2 Å². The largest absolute Gasteiger partial charge is 0.495 e. The average molecular weight is 465 g/mol. The molecule has 0 saturated carbocycles. The van der Waals surface area contributed by atoms with Crippen LogP contribution in [0.3, 0.4) is 0 Å². The first-order valence-corrected chi connectivity index (χ1v) is 11.0. The van der Waals surface area contributed by atoms with Crippen molar-refractivity contribution < 1.29 is 17.9 Å². The van der Waals surface area contributed by atoms with Crippen LogP contribution in [0, 0.1) is 0 Å². The zero-order valence-corrected chi connectivity index (χ0v) is 18.2. The lowest BCUT2D eigenvalue weighted by atomic mass is 10.3. The first-order chi connectivity index (χ1) is 14.3. The Morgan fingerprint density at radius 3 is 2.23 bits per heavy atom. The van der Waals surface area contributed by atoms with Crippen LogP contribution in [0.15, 0.2) is 77.7 Å². The number of sulfonamides is 1. The number of nitrogens with one attached hydrogen (secondary N) is 1. The molecule has 0 heterocycles. The van der Waals surface area contributed by atoms with Gasteiger partial charge in [0.2, 0.25) is 5.91 Å². The Labute approximate surface area is 185 Å². The van der Waals surface area contributed by atoms with Crippen molar-refractivity contribution in [3.05, 3.63) is 82.8 Å². The highest BCUT2D eigenvalue weighted by atomic mass is 35.5. The Morgan fingerprint density at radius 1 is 0.967 bits per heavy atom. The molecule has 0 atom stereocenters. The van der Waals surface area contributed by atoms with Crippen molar-refractivity contribution in [3.8, 4) is 5.75 Å².